The Morgan fingerprint density at radius 1 is 0.923 bits per heavy atom. The Bertz CT molecular complexity index is 1130. The smallest absolute Gasteiger partial charge is 0.266 e. The van der Waals surface area contributed by atoms with Crippen molar-refractivity contribution in [2.24, 2.45) is 0 Å². The zero-order valence-electron chi connectivity index (χ0n) is 13.8. The lowest BCUT2D eigenvalue weighted by Crippen LogP contribution is -2.21. The number of rotatable bonds is 4. The molecule has 0 aliphatic rings. The van der Waals surface area contributed by atoms with E-state index in [0.717, 1.165) is 11.4 Å². The van der Waals surface area contributed by atoms with Crippen LogP contribution in [0.5, 0.6) is 0 Å². The number of benzene rings is 3. The number of hydrogen-bond donors (Lipinski definition) is 0. The van der Waals surface area contributed by atoms with E-state index in [-0.39, 0.29) is 5.56 Å². The molecular formula is C21H15ClN2OS. The van der Waals surface area contributed by atoms with Gasteiger partial charge in [0.1, 0.15) is 0 Å². The minimum atomic E-state index is -0.0894. The third-order valence-corrected chi connectivity index (χ3v) is 5.27. The van der Waals surface area contributed by atoms with Gasteiger partial charge in [0, 0.05) is 10.8 Å². The fourth-order valence-electron chi connectivity index (χ4n) is 2.77. The molecule has 0 atom stereocenters. The molecule has 26 heavy (non-hydrogen) atoms. The van der Waals surface area contributed by atoms with Crippen LogP contribution in [0.2, 0.25) is 5.02 Å². The van der Waals surface area contributed by atoms with Crippen molar-refractivity contribution in [1.82, 2.24) is 9.55 Å². The Balaban J connectivity index is 1.86. The summed E-state index contributed by atoms with van der Waals surface area (Å²) in [7, 11) is 0. The van der Waals surface area contributed by atoms with Gasteiger partial charge in [0.2, 0.25) is 0 Å². The van der Waals surface area contributed by atoms with Crippen molar-refractivity contribution in [3.63, 3.8) is 0 Å². The van der Waals surface area contributed by atoms with E-state index in [2.05, 4.69) is 12.1 Å². The SMILES string of the molecule is O=c1c2ccccc2nc(SCc2ccccc2)n1-c1cccc(Cl)c1. The number of nitrogens with zero attached hydrogens (tertiary/aromatic N) is 2. The molecule has 1 heterocycles. The Labute approximate surface area is 160 Å². The van der Waals surface area contributed by atoms with Crippen molar-refractivity contribution in [3.8, 4) is 5.69 Å². The van der Waals surface area contributed by atoms with Crippen LogP contribution in [0.3, 0.4) is 0 Å². The van der Waals surface area contributed by atoms with Gasteiger partial charge in [0.25, 0.3) is 5.56 Å². The van der Waals surface area contributed by atoms with Crippen LogP contribution in [-0.4, -0.2) is 9.55 Å². The molecule has 4 rings (SSSR count). The monoisotopic (exact) mass is 378 g/mol. The van der Waals surface area contributed by atoms with Crippen molar-refractivity contribution < 1.29 is 0 Å². The van der Waals surface area contributed by atoms with E-state index >= 15 is 0 Å². The third kappa shape index (κ3) is 3.39. The summed E-state index contributed by atoms with van der Waals surface area (Å²) in [5.41, 5.74) is 2.51. The molecule has 0 saturated carbocycles. The molecule has 0 aliphatic heterocycles. The van der Waals surface area contributed by atoms with Crippen LogP contribution in [0.25, 0.3) is 16.6 Å². The van der Waals surface area contributed by atoms with E-state index in [1.54, 1.807) is 22.8 Å². The van der Waals surface area contributed by atoms with E-state index in [9.17, 15) is 4.79 Å². The first-order valence-corrected chi connectivity index (χ1v) is 9.53. The summed E-state index contributed by atoms with van der Waals surface area (Å²) >= 11 is 7.69. The number of hydrogen-bond acceptors (Lipinski definition) is 3. The molecular weight excluding hydrogens is 364 g/mol. The lowest BCUT2D eigenvalue weighted by atomic mass is 10.2. The number of thioether (sulfide) groups is 1. The zero-order valence-corrected chi connectivity index (χ0v) is 15.4. The lowest BCUT2D eigenvalue weighted by molar-refractivity contribution is 0.819. The first-order valence-electron chi connectivity index (χ1n) is 8.17. The largest absolute Gasteiger partial charge is 0.268 e. The van der Waals surface area contributed by atoms with Crippen LogP contribution < -0.4 is 5.56 Å². The molecule has 0 bridgehead atoms. The van der Waals surface area contributed by atoms with Gasteiger partial charge in [0.05, 0.1) is 16.6 Å². The third-order valence-electron chi connectivity index (χ3n) is 4.02. The average molecular weight is 379 g/mol. The highest BCUT2D eigenvalue weighted by Crippen LogP contribution is 2.25. The quantitative estimate of drug-likeness (QED) is 0.355. The molecule has 1 aromatic heterocycles. The molecule has 0 spiro atoms. The second-order valence-electron chi connectivity index (χ2n) is 5.81. The van der Waals surface area contributed by atoms with Crippen molar-refractivity contribution in [2.45, 2.75) is 10.9 Å². The average Bonchev–Trinajstić information content (AvgIpc) is 2.67. The van der Waals surface area contributed by atoms with Crippen molar-refractivity contribution in [1.29, 1.82) is 0 Å². The summed E-state index contributed by atoms with van der Waals surface area (Å²) in [6.45, 7) is 0. The van der Waals surface area contributed by atoms with Gasteiger partial charge in [0.15, 0.2) is 5.16 Å². The van der Waals surface area contributed by atoms with E-state index in [1.807, 2.05) is 48.5 Å². The van der Waals surface area contributed by atoms with Gasteiger partial charge >= 0.3 is 0 Å². The fourth-order valence-corrected chi connectivity index (χ4v) is 3.93. The molecule has 0 N–H and O–H groups in total. The van der Waals surface area contributed by atoms with Crippen LogP contribution in [0.1, 0.15) is 5.56 Å². The molecule has 0 saturated heterocycles. The second kappa shape index (κ2) is 7.36. The van der Waals surface area contributed by atoms with E-state index < -0.39 is 0 Å². The van der Waals surface area contributed by atoms with Gasteiger partial charge in [-0.05, 0) is 35.9 Å². The molecule has 3 aromatic carbocycles. The maximum atomic E-state index is 13.1. The number of fused-ring (bicyclic) bond motifs is 1. The Hall–Kier alpha value is -2.56. The van der Waals surface area contributed by atoms with Gasteiger partial charge in [-0.25, -0.2) is 4.98 Å². The summed E-state index contributed by atoms with van der Waals surface area (Å²) in [6.07, 6.45) is 0. The molecule has 0 radical (unpaired) electrons. The summed E-state index contributed by atoms with van der Waals surface area (Å²) < 4.78 is 1.64. The van der Waals surface area contributed by atoms with Crippen molar-refractivity contribution in [2.75, 3.05) is 0 Å². The summed E-state index contributed by atoms with van der Waals surface area (Å²) in [4.78, 5) is 17.9. The number of aromatic nitrogens is 2. The molecule has 0 unspecified atom stereocenters. The van der Waals surface area contributed by atoms with E-state index in [0.29, 0.717) is 21.1 Å². The summed E-state index contributed by atoms with van der Waals surface area (Å²) in [5.74, 6) is 0.728. The second-order valence-corrected chi connectivity index (χ2v) is 7.19. The maximum Gasteiger partial charge on any atom is 0.266 e. The van der Waals surface area contributed by atoms with Crippen molar-refractivity contribution in [3.05, 3.63) is 99.8 Å². The molecule has 0 fully saturated rings. The standard InChI is InChI=1S/C21H15ClN2OS/c22-16-9-6-10-17(13-16)24-20(25)18-11-4-5-12-19(18)23-21(24)26-14-15-7-2-1-3-8-15/h1-13H,14H2. The van der Waals surface area contributed by atoms with Gasteiger partial charge in [-0.2, -0.15) is 0 Å². The summed E-state index contributed by atoms with van der Waals surface area (Å²) in [5, 5.41) is 1.83. The topological polar surface area (TPSA) is 34.9 Å². The van der Waals surface area contributed by atoms with Crippen LogP contribution in [0, 0.1) is 0 Å². The van der Waals surface area contributed by atoms with E-state index in [4.69, 9.17) is 16.6 Å². The Kier molecular flexibility index (Phi) is 4.78. The van der Waals surface area contributed by atoms with E-state index in [1.165, 1.54) is 17.3 Å². The first kappa shape index (κ1) is 16.9. The molecule has 3 nitrogen and oxygen atoms in total. The molecule has 4 aromatic rings. The normalized spacial score (nSPS) is 11.0. The Morgan fingerprint density at radius 3 is 2.50 bits per heavy atom. The van der Waals surface area contributed by atoms with Gasteiger partial charge in [-0.3, -0.25) is 9.36 Å². The zero-order chi connectivity index (χ0) is 17.9. The van der Waals surface area contributed by atoms with Gasteiger partial charge in [-0.15, -0.1) is 0 Å². The summed E-state index contributed by atoms with van der Waals surface area (Å²) in [6, 6.07) is 24.8. The van der Waals surface area contributed by atoms with Gasteiger partial charge < -0.3 is 0 Å². The Morgan fingerprint density at radius 2 is 1.69 bits per heavy atom. The highest BCUT2D eigenvalue weighted by molar-refractivity contribution is 7.98. The molecule has 0 aliphatic carbocycles. The fraction of sp³-hybridized carbons (Fsp3) is 0.0476. The lowest BCUT2D eigenvalue weighted by Gasteiger charge is -2.13. The van der Waals surface area contributed by atoms with Crippen molar-refractivity contribution >= 4 is 34.3 Å². The molecule has 5 heteroatoms. The number of para-hydroxylation sites is 1. The van der Waals surface area contributed by atoms with Gasteiger partial charge in [-0.1, -0.05) is 71.9 Å². The predicted octanol–water partition coefficient (Wildman–Crippen LogP) is 5.33. The van der Waals surface area contributed by atoms with Crippen LogP contribution in [-0.2, 0) is 5.75 Å². The molecule has 0 amide bonds. The minimum absolute atomic E-state index is 0.0894. The maximum absolute atomic E-state index is 13.1. The highest BCUT2D eigenvalue weighted by Gasteiger charge is 2.13. The molecule has 128 valence electrons. The highest BCUT2D eigenvalue weighted by atomic mass is 35.5. The van der Waals surface area contributed by atoms with Crippen LogP contribution >= 0.6 is 23.4 Å². The van der Waals surface area contributed by atoms with Crippen LogP contribution in [0.15, 0.2) is 88.8 Å². The number of halogens is 1. The minimum Gasteiger partial charge on any atom is -0.268 e. The van der Waals surface area contributed by atoms with Crippen LogP contribution in [0.4, 0.5) is 0 Å². The predicted molar refractivity (Wildman–Crippen MR) is 108 cm³/mol. The first-order chi connectivity index (χ1) is 12.7.